The van der Waals surface area contributed by atoms with Crippen molar-refractivity contribution in [2.45, 2.75) is 92.0 Å². The fourth-order valence-corrected chi connectivity index (χ4v) is 4.67. The van der Waals surface area contributed by atoms with Crippen LogP contribution in [-0.4, -0.2) is 75.1 Å². The summed E-state index contributed by atoms with van der Waals surface area (Å²) >= 11 is 1.90. The summed E-state index contributed by atoms with van der Waals surface area (Å²) in [7, 11) is 3.25. The number of hydrogen-bond acceptors (Lipinski definition) is 7. The van der Waals surface area contributed by atoms with E-state index in [1.165, 1.54) is 5.57 Å². The quantitative estimate of drug-likeness (QED) is 0.0816. The summed E-state index contributed by atoms with van der Waals surface area (Å²) in [6.07, 6.45) is 10.3. The molecule has 0 spiro atoms. The van der Waals surface area contributed by atoms with Crippen LogP contribution in [0.4, 0.5) is 0 Å². The molecule has 236 valence electrons. The summed E-state index contributed by atoms with van der Waals surface area (Å²) in [6.45, 7) is 15.7. The molecule has 4 atom stereocenters. The maximum atomic E-state index is 12.5. The van der Waals surface area contributed by atoms with Gasteiger partial charge < -0.3 is 30.0 Å². The van der Waals surface area contributed by atoms with E-state index in [0.717, 1.165) is 42.8 Å². The lowest BCUT2D eigenvalue weighted by atomic mass is 9.99. The average molecular weight is 595 g/mol. The van der Waals surface area contributed by atoms with Crippen LogP contribution in [0.3, 0.4) is 0 Å². The van der Waals surface area contributed by atoms with Crippen LogP contribution >= 0.6 is 11.8 Å². The minimum atomic E-state index is -0.670. The maximum Gasteiger partial charge on any atom is 0.251 e. The standard InChI is InChI=1S/C28H44N2O3S.C2H6O.C2H6.CH2O/c1-5-8-10-22(6-2)23-11-13-24(14-12-23)28(32)29-16-15-25-26(30-25)19-21(4)20-27(31)33-17-9-18-34-7-3;1-3-2;2*1-2/h6,8,10-14,21,25-27,30-31H,5,7,9,15-20H2,1-4H3,(H,29,32);1-2H3;1-2H3;1H2/b10-8-,22-6+;;;. The highest BCUT2D eigenvalue weighted by atomic mass is 32.2. The fourth-order valence-electron chi connectivity index (χ4n) is 4.06. The first-order valence-electron chi connectivity index (χ1n) is 14.9. The summed E-state index contributed by atoms with van der Waals surface area (Å²) < 4.78 is 9.78. The highest BCUT2D eigenvalue weighted by Crippen LogP contribution is 2.25. The zero-order valence-corrected chi connectivity index (χ0v) is 27.7. The summed E-state index contributed by atoms with van der Waals surface area (Å²) in [5, 5.41) is 16.6. The SMILES string of the molecule is C/C=C(\C=C/CC)c1ccc(C(=O)NCCC2NC2CC(C)CC(O)OCCCSCC)cc1.C=O.CC.COC. The van der Waals surface area contributed by atoms with Crippen LogP contribution in [0.25, 0.3) is 5.57 Å². The molecule has 1 aromatic rings. The topological polar surface area (TPSA) is 107 Å². The Morgan fingerprint density at radius 2 is 1.76 bits per heavy atom. The van der Waals surface area contributed by atoms with E-state index in [-0.39, 0.29) is 5.91 Å². The Kier molecular flexibility index (Phi) is 28.3. The maximum absolute atomic E-state index is 12.5. The van der Waals surface area contributed by atoms with Gasteiger partial charge in [-0.1, -0.05) is 65.0 Å². The average Bonchev–Trinajstić information content (AvgIpc) is 3.73. The van der Waals surface area contributed by atoms with Gasteiger partial charge in [0.15, 0.2) is 6.29 Å². The molecule has 2 rings (SSSR count). The lowest BCUT2D eigenvalue weighted by Crippen LogP contribution is -2.25. The Morgan fingerprint density at radius 3 is 2.32 bits per heavy atom. The molecule has 0 aliphatic carbocycles. The van der Waals surface area contributed by atoms with Crippen LogP contribution < -0.4 is 10.6 Å². The van der Waals surface area contributed by atoms with E-state index in [2.05, 4.69) is 54.4 Å². The summed E-state index contributed by atoms with van der Waals surface area (Å²) in [4.78, 5) is 20.5. The van der Waals surface area contributed by atoms with Crippen molar-refractivity contribution in [3.8, 4) is 0 Å². The third-order valence-electron chi connectivity index (χ3n) is 6.08. The van der Waals surface area contributed by atoms with Crippen molar-refractivity contribution in [3.63, 3.8) is 0 Å². The molecule has 1 aliphatic heterocycles. The summed E-state index contributed by atoms with van der Waals surface area (Å²) in [5.41, 5.74) is 2.97. The third-order valence-corrected chi connectivity index (χ3v) is 7.06. The van der Waals surface area contributed by atoms with Crippen LogP contribution in [0.1, 0.15) is 89.6 Å². The number of rotatable bonds is 17. The fraction of sp³-hybridized carbons (Fsp3) is 0.636. The van der Waals surface area contributed by atoms with Crippen molar-refractivity contribution >= 4 is 30.0 Å². The molecule has 0 saturated carbocycles. The van der Waals surface area contributed by atoms with Crippen LogP contribution in [0, 0.1) is 5.92 Å². The molecule has 1 aliphatic rings. The van der Waals surface area contributed by atoms with Crippen molar-refractivity contribution in [3.05, 3.63) is 53.6 Å². The Bertz CT molecular complexity index is 816. The molecule has 4 unspecified atom stereocenters. The van der Waals surface area contributed by atoms with Crippen LogP contribution in [-0.2, 0) is 14.3 Å². The zero-order valence-electron chi connectivity index (χ0n) is 26.9. The predicted octanol–water partition coefficient (Wildman–Crippen LogP) is 6.51. The molecule has 3 N–H and O–H groups in total. The van der Waals surface area contributed by atoms with Gasteiger partial charge in [-0.05, 0) is 73.3 Å². The largest absolute Gasteiger partial charge is 0.388 e. The molecule has 41 heavy (non-hydrogen) atoms. The molecule has 1 heterocycles. The van der Waals surface area contributed by atoms with E-state index in [0.29, 0.717) is 43.1 Å². The van der Waals surface area contributed by atoms with E-state index in [1.54, 1.807) is 14.2 Å². The van der Waals surface area contributed by atoms with Gasteiger partial charge in [0.1, 0.15) is 6.79 Å². The predicted molar refractivity (Wildman–Crippen MR) is 177 cm³/mol. The second kappa shape index (κ2) is 28.2. The van der Waals surface area contributed by atoms with E-state index in [1.807, 2.05) is 63.6 Å². The van der Waals surface area contributed by atoms with Crippen LogP contribution in [0.2, 0.25) is 0 Å². The summed E-state index contributed by atoms with van der Waals surface area (Å²) in [5.74, 6) is 2.58. The first-order valence-corrected chi connectivity index (χ1v) is 16.1. The van der Waals surface area contributed by atoms with Crippen molar-refractivity contribution in [1.29, 1.82) is 0 Å². The number of thioether (sulfide) groups is 1. The molecule has 1 amide bonds. The Labute approximate surface area is 254 Å². The number of aliphatic hydroxyl groups is 1. The second-order valence-electron chi connectivity index (χ2n) is 9.42. The van der Waals surface area contributed by atoms with Crippen molar-refractivity contribution in [2.24, 2.45) is 5.92 Å². The molecular weight excluding hydrogens is 536 g/mol. The van der Waals surface area contributed by atoms with Gasteiger partial charge in [0.2, 0.25) is 0 Å². The van der Waals surface area contributed by atoms with Gasteiger partial charge in [-0.25, -0.2) is 0 Å². The van der Waals surface area contributed by atoms with Gasteiger partial charge in [0, 0.05) is 44.8 Å². The van der Waals surface area contributed by atoms with E-state index in [4.69, 9.17) is 9.53 Å². The zero-order chi connectivity index (χ0) is 31.5. The molecule has 0 radical (unpaired) electrons. The van der Waals surface area contributed by atoms with Gasteiger partial charge in [-0.3, -0.25) is 4.79 Å². The van der Waals surface area contributed by atoms with Crippen LogP contribution in [0.15, 0.2) is 42.5 Å². The molecule has 1 saturated heterocycles. The highest BCUT2D eigenvalue weighted by molar-refractivity contribution is 7.99. The van der Waals surface area contributed by atoms with Gasteiger partial charge in [-0.2, -0.15) is 11.8 Å². The molecule has 0 bridgehead atoms. The highest BCUT2D eigenvalue weighted by Gasteiger charge is 2.36. The molecule has 0 aromatic heterocycles. The number of carbonyl (C=O) groups is 2. The van der Waals surface area contributed by atoms with Crippen molar-refractivity contribution in [1.82, 2.24) is 10.6 Å². The lowest BCUT2D eigenvalue weighted by Gasteiger charge is -2.16. The minimum absolute atomic E-state index is 0.0270. The first kappa shape index (κ1) is 41.2. The molecule has 1 fully saturated rings. The molecule has 8 heteroatoms. The van der Waals surface area contributed by atoms with E-state index >= 15 is 0 Å². The van der Waals surface area contributed by atoms with Gasteiger partial charge in [0.05, 0.1) is 6.61 Å². The Morgan fingerprint density at radius 1 is 1.15 bits per heavy atom. The van der Waals surface area contributed by atoms with E-state index in [9.17, 15) is 9.90 Å². The second-order valence-corrected chi connectivity index (χ2v) is 10.8. The van der Waals surface area contributed by atoms with Crippen molar-refractivity contribution in [2.75, 3.05) is 38.9 Å². The van der Waals surface area contributed by atoms with Crippen LogP contribution in [0.5, 0.6) is 0 Å². The number of benzene rings is 1. The van der Waals surface area contributed by atoms with Gasteiger partial charge in [0.25, 0.3) is 5.91 Å². The lowest BCUT2D eigenvalue weighted by molar-refractivity contribution is -0.110. The smallest absolute Gasteiger partial charge is 0.251 e. The Balaban J connectivity index is 0. The molecule has 7 nitrogen and oxygen atoms in total. The monoisotopic (exact) mass is 594 g/mol. The Hall–Kier alpha value is -1.97. The third kappa shape index (κ3) is 20.5. The number of hydrogen-bond donors (Lipinski definition) is 3. The molecule has 1 aromatic carbocycles. The van der Waals surface area contributed by atoms with E-state index < -0.39 is 6.29 Å². The number of carbonyl (C=O) groups excluding carboxylic acids is 2. The van der Waals surface area contributed by atoms with Gasteiger partial charge in [-0.15, -0.1) is 0 Å². The summed E-state index contributed by atoms with van der Waals surface area (Å²) in [6, 6.07) is 8.71. The normalized spacial score (nSPS) is 17.1. The number of amides is 1. The van der Waals surface area contributed by atoms with Crippen molar-refractivity contribution < 1.29 is 24.2 Å². The number of aliphatic hydroxyl groups excluding tert-OH is 1. The minimum Gasteiger partial charge on any atom is -0.388 e. The van der Waals surface area contributed by atoms with Gasteiger partial charge >= 0.3 is 0 Å². The number of nitrogens with one attached hydrogen (secondary N) is 2. The number of ether oxygens (including phenoxy) is 2. The molecular formula is C33H58N2O5S. The number of allylic oxidation sites excluding steroid dienone is 4. The first-order chi connectivity index (χ1) is 19.9. The number of methoxy groups -OCH3 is 1.